The van der Waals surface area contributed by atoms with Crippen molar-refractivity contribution in [2.75, 3.05) is 20.1 Å². The van der Waals surface area contributed by atoms with E-state index < -0.39 is 0 Å². The molecule has 0 unspecified atom stereocenters. The van der Waals surface area contributed by atoms with Gasteiger partial charge in [0.1, 0.15) is 0 Å². The van der Waals surface area contributed by atoms with Crippen LogP contribution in [0.25, 0.3) is 0 Å². The molecule has 4 nitrogen and oxygen atoms in total. The smallest absolute Gasteiger partial charge is 0.315 e. The zero-order valence-electron chi connectivity index (χ0n) is 10.9. The number of nitrogens with one attached hydrogen (secondary N) is 2. The fraction of sp³-hybridized carbons (Fsp3) is 0.923. The minimum absolute atomic E-state index is 0.00421. The van der Waals surface area contributed by atoms with E-state index in [2.05, 4.69) is 22.6 Å². The fourth-order valence-corrected chi connectivity index (χ4v) is 2.51. The van der Waals surface area contributed by atoms with Crippen molar-refractivity contribution in [3.8, 4) is 0 Å². The molecule has 0 spiro atoms. The lowest BCUT2D eigenvalue weighted by Crippen LogP contribution is -2.43. The highest BCUT2D eigenvalue weighted by molar-refractivity contribution is 5.74. The van der Waals surface area contributed by atoms with Crippen molar-refractivity contribution in [2.24, 2.45) is 0 Å². The Morgan fingerprint density at radius 3 is 2.53 bits per heavy atom. The highest BCUT2D eigenvalue weighted by Gasteiger charge is 2.23. The molecule has 0 heterocycles. The van der Waals surface area contributed by atoms with Crippen molar-refractivity contribution in [3.05, 3.63) is 0 Å². The number of amides is 2. The number of rotatable bonds is 5. The highest BCUT2D eigenvalue weighted by atomic mass is 16.2. The molecule has 2 aliphatic carbocycles. The van der Waals surface area contributed by atoms with E-state index in [9.17, 15) is 4.79 Å². The van der Waals surface area contributed by atoms with Crippen LogP contribution < -0.4 is 10.6 Å². The molecule has 2 aliphatic rings. The monoisotopic (exact) mass is 239 g/mol. The van der Waals surface area contributed by atoms with Crippen LogP contribution in [0.4, 0.5) is 4.79 Å². The second kappa shape index (κ2) is 6.24. The molecule has 2 N–H and O–H groups in total. The van der Waals surface area contributed by atoms with Gasteiger partial charge < -0.3 is 15.5 Å². The molecule has 2 fully saturated rings. The number of hydrogen-bond donors (Lipinski definition) is 2. The predicted octanol–water partition coefficient (Wildman–Crippen LogP) is 1.71. The quantitative estimate of drug-likeness (QED) is 0.767. The third kappa shape index (κ3) is 4.54. The molecule has 0 radical (unpaired) electrons. The van der Waals surface area contributed by atoms with Gasteiger partial charge in [-0.2, -0.15) is 0 Å². The van der Waals surface area contributed by atoms with E-state index in [4.69, 9.17) is 0 Å². The summed E-state index contributed by atoms with van der Waals surface area (Å²) in [5.41, 5.74) is 0. The first-order chi connectivity index (χ1) is 8.25. The maximum Gasteiger partial charge on any atom is 0.315 e. The first kappa shape index (κ1) is 12.7. The maximum absolute atomic E-state index is 11.4. The average Bonchev–Trinajstić information content (AvgIpc) is 3.14. The summed E-state index contributed by atoms with van der Waals surface area (Å²) in [5.74, 6) is 0. The summed E-state index contributed by atoms with van der Waals surface area (Å²) in [6.07, 6.45) is 9.07. The summed E-state index contributed by atoms with van der Waals surface area (Å²) in [7, 11) is 2.18. The summed E-state index contributed by atoms with van der Waals surface area (Å²) >= 11 is 0. The second-order valence-corrected chi connectivity index (χ2v) is 5.45. The van der Waals surface area contributed by atoms with Gasteiger partial charge in [-0.15, -0.1) is 0 Å². The molecule has 0 saturated heterocycles. The third-order valence-corrected chi connectivity index (χ3v) is 3.86. The molecule has 98 valence electrons. The summed E-state index contributed by atoms with van der Waals surface area (Å²) in [5, 5.41) is 5.87. The third-order valence-electron chi connectivity index (χ3n) is 3.86. The molecule has 4 heteroatoms. The molecule has 0 aromatic heterocycles. The Hall–Kier alpha value is -0.770. The van der Waals surface area contributed by atoms with E-state index in [1.807, 2.05) is 0 Å². The number of urea groups is 1. The van der Waals surface area contributed by atoms with Crippen molar-refractivity contribution in [1.29, 1.82) is 0 Å². The lowest BCUT2D eigenvalue weighted by atomic mass is 9.94. The molecule has 17 heavy (non-hydrogen) atoms. The predicted molar refractivity (Wildman–Crippen MR) is 69.1 cm³/mol. The van der Waals surface area contributed by atoms with Crippen LogP contribution in [0, 0.1) is 0 Å². The van der Waals surface area contributed by atoms with Gasteiger partial charge in [0, 0.05) is 25.2 Å². The molecule has 0 aromatic carbocycles. The van der Waals surface area contributed by atoms with Gasteiger partial charge in [0.15, 0.2) is 0 Å². The Morgan fingerprint density at radius 1 is 1.18 bits per heavy atom. The van der Waals surface area contributed by atoms with Crippen LogP contribution in [-0.4, -0.2) is 43.2 Å². The number of hydrogen-bond acceptors (Lipinski definition) is 2. The van der Waals surface area contributed by atoms with Crippen LogP contribution in [0.1, 0.15) is 44.9 Å². The largest absolute Gasteiger partial charge is 0.337 e. The topological polar surface area (TPSA) is 44.4 Å². The lowest BCUT2D eigenvalue weighted by Gasteiger charge is -2.31. The SMILES string of the molecule is CN(CCNC(=O)NC1CC1)C1CCCCC1. The van der Waals surface area contributed by atoms with E-state index in [0.717, 1.165) is 32.0 Å². The first-order valence-corrected chi connectivity index (χ1v) is 7.00. The lowest BCUT2D eigenvalue weighted by molar-refractivity contribution is 0.191. The number of carbonyl (C=O) groups excluding carboxylic acids is 1. The van der Waals surface area contributed by atoms with E-state index in [0.29, 0.717) is 6.04 Å². The van der Waals surface area contributed by atoms with Crippen LogP contribution >= 0.6 is 0 Å². The first-order valence-electron chi connectivity index (χ1n) is 7.00. The minimum atomic E-state index is 0.00421. The van der Waals surface area contributed by atoms with Gasteiger partial charge >= 0.3 is 6.03 Å². The highest BCUT2D eigenvalue weighted by Crippen LogP contribution is 2.21. The number of likely N-dealkylation sites (N-methyl/N-ethyl adjacent to an activating group) is 1. The van der Waals surface area contributed by atoms with Gasteiger partial charge in [0.05, 0.1) is 0 Å². The van der Waals surface area contributed by atoms with Crippen LogP contribution in [0.15, 0.2) is 0 Å². The Bertz CT molecular complexity index is 247. The minimum Gasteiger partial charge on any atom is -0.337 e. The fourth-order valence-electron chi connectivity index (χ4n) is 2.51. The second-order valence-electron chi connectivity index (χ2n) is 5.45. The van der Waals surface area contributed by atoms with Crippen molar-refractivity contribution in [2.45, 2.75) is 57.0 Å². The average molecular weight is 239 g/mol. The van der Waals surface area contributed by atoms with Crippen LogP contribution in [0.3, 0.4) is 0 Å². The summed E-state index contributed by atoms with van der Waals surface area (Å²) in [6.45, 7) is 1.72. The Kier molecular flexibility index (Phi) is 4.66. The molecule has 2 rings (SSSR count). The van der Waals surface area contributed by atoms with E-state index in [1.165, 1.54) is 32.1 Å². The zero-order valence-corrected chi connectivity index (χ0v) is 10.9. The van der Waals surface area contributed by atoms with Crippen molar-refractivity contribution in [1.82, 2.24) is 15.5 Å². The van der Waals surface area contributed by atoms with Gasteiger partial charge in [-0.3, -0.25) is 0 Å². The summed E-state index contributed by atoms with van der Waals surface area (Å²) < 4.78 is 0. The maximum atomic E-state index is 11.4. The van der Waals surface area contributed by atoms with Crippen molar-refractivity contribution >= 4 is 6.03 Å². The molecule has 2 amide bonds. The molecular weight excluding hydrogens is 214 g/mol. The van der Waals surface area contributed by atoms with Gasteiger partial charge in [-0.25, -0.2) is 4.79 Å². The Morgan fingerprint density at radius 2 is 1.88 bits per heavy atom. The molecular formula is C13H25N3O. The van der Waals surface area contributed by atoms with E-state index in [1.54, 1.807) is 0 Å². The standard InChI is InChI=1S/C13H25N3O/c1-16(12-5-3-2-4-6-12)10-9-14-13(17)15-11-7-8-11/h11-12H,2-10H2,1H3,(H2,14,15,17). The zero-order chi connectivity index (χ0) is 12.1. The summed E-state index contributed by atoms with van der Waals surface area (Å²) in [6, 6.07) is 1.19. The van der Waals surface area contributed by atoms with Gasteiger partial charge in [-0.05, 0) is 32.7 Å². The van der Waals surface area contributed by atoms with Gasteiger partial charge in [0.25, 0.3) is 0 Å². The van der Waals surface area contributed by atoms with Gasteiger partial charge in [-0.1, -0.05) is 19.3 Å². The molecule has 2 saturated carbocycles. The number of carbonyl (C=O) groups is 1. The van der Waals surface area contributed by atoms with Crippen LogP contribution in [-0.2, 0) is 0 Å². The van der Waals surface area contributed by atoms with Crippen molar-refractivity contribution < 1.29 is 4.79 Å². The Balaban J connectivity index is 1.55. The molecule has 0 atom stereocenters. The van der Waals surface area contributed by atoms with Gasteiger partial charge in [0.2, 0.25) is 0 Å². The molecule has 0 bridgehead atoms. The summed E-state index contributed by atoms with van der Waals surface area (Å²) in [4.78, 5) is 13.8. The molecule has 0 aromatic rings. The Labute approximate surface area is 104 Å². The van der Waals surface area contributed by atoms with Crippen LogP contribution in [0.5, 0.6) is 0 Å². The van der Waals surface area contributed by atoms with Crippen LogP contribution in [0.2, 0.25) is 0 Å². The van der Waals surface area contributed by atoms with E-state index >= 15 is 0 Å². The molecule has 0 aliphatic heterocycles. The van der Waals surface area contributed by atoms with Crippen molar-refractivity contribution in [3.63, 3.8) is 0 Å². The number of nitrogens with zero attached hydrogens (tertiary/aromatic N) is 1. The normalized spacial score (nSPS) is 21.5. The van der Waals surface area contributed by atoms with E-state index in [-0.39, 0.29) is 6.03 Å².